The number of halogens is 1. The van der Waals surface area contributed by atoms with Crippen LogP contribution in [0.2, 0.25) is 5.02 Å². The molecule has 0 bridgehead atoms. The van der Waals surface area contributed by atoms with Crippen molar-refractivity contribution in [2.75, 3.05) is 37.9 Å². The zero-order chi connectivity index (χ0) is 20.7. The van der Waals surface area contributed by atoms with Crippen LogP contribution in [-0.2, 0) is 19.6 Å². The van der Waals surface area contributed by atoms with Gasteiger partial charge in [0, 0.05) is 25.9 Å². The molecule has 1 unspecified atom stereocenters. The summed E-state index contributed by atoms with van der Waals surface area (Å²) in [6.07, 6.45) is 1.61. The summed E-state index contributed by atoms with van der Waals surface area (Å²) in [6, 6.07) is 3.83. The number of nitrogens with one attached hydrogen (secondary N) is 2. The summed E-state index contributed by atoms with van der Waals surface area (Å²) in [5.41, 5.74) is 0.687. The number of nitrogens with zero attached hydrogens (tertiary/aromatic N) is 1. The number of anilines is 1. The van der Waals surface area contributed by atoms with Gasteiger partial charge in [-0.15, -0.1) is 0 Å². The van der Waals surface area contributed by atoms with Gasteiger partial charge in [0.15, 0.2) is 0 Å². The van der Waals surface area contributed by atoms with E-state index in [-0.39, 0.29) is 22.2 Å². The molecule has 1 aromatic carbocycles. The Balaban J connectivity index is 2.06. The quantitative estimate of drug-likeness (QED) is 0.580. The third-order valence-electron chi connectivity index (χ3n) is 4.40. The molecular formula is C18H26ClN3O5S. The fourth-order valence-electron chi connectivity index (χ4n) is 3.07. The highest BCUT2D eigenvalue weighted by Gasteiger charge is 2.38. The predicted molar refractivity (Wildman–Crippen MR) is 108 cm³/mol. The first-order valence-corrected chi connectivity index (χ1v) is 11.2. The summed E-state index contributed by atoms with van der Waals surface area (Å²) < 4.78 is 30.9. The third-order valence-corrected chi connectivity index (χ3v) is 6.79. The minimum Gasteiger partial charge on any atom is -0.383 e. The van der Waals surface area contributed by atoms with E-state index in [9.17, 15) is 18.0 Å². The molecule has 0 spiro atoms. The number of hydrogen-bond donors (Lipinski definition) is 2. The molecule has 1 saturated heterocycles. The molecule has 2 amide bonds. The molecule has 1 atom stereocenters. The van der Waals surface area contributed by atoms with Gasteiger partial charge >= 0.3 is 0 Å². The van der Waals surface area contributed by atoms with Gasteiger partial charge in [0.1, 0.15) is 6.04 Å². The molecule has 156 valence electrons. The van der Waals surface area contributed by atoms with Gasteiger partial charge in [-0.25, -0.2) is 8.42 Å². The number of sulfonamides is 1. The Morgan fingerprint density at radius 3 is 2.75 bits per heavy atom. The zero-order valence-electron chi connectivity index (χ0n) is 16.0. The molecule has 1 aliphatic rings. The molecular weight excluding hydrogens is 406 g/mol. The van der Waals surface area contributed by atoms with Crippen molar-refractivity contribution in [3.05, 3.63) is 28.8 Å². The lowest BCUT2D eigenvalue weighted by molar-refractivity contribution is -0.119. The lowest BCUT2D eigenvalue weighted by Gasteiger charge is -2.23. The van der Waals surface area contributed by atoms with Crippen LogP contribution in [0.5, 0.6) is 0 Å². The van der Waals surface area contributed by atoms with Crippen LogP contribution in [0.15, 0.2) is 18.2 Å². The lowest BCUT2D eigenvalue weighted by Crippen LogP contribution is -2.44. The standard InChI is InChI=1S/C18H26ClN3O5S/c1-3-11-28(25,26)22-9-4-5-16(22)18(24)21-13-6-7-14(15(19)12-13)17(23)20-8-10-27-2/h6-7,12,16H,3-5,8-11H2,1-2H3,(H,20,23)(H,21,24). The summed E-state index contributed by atoms with van der Waals surface area (Å²) in [7, 11) is -1.91. The maximum atomic E-state index is 12.6. The molecule has 10 heteroatoms. The van der Waals surface area contributed by atoms with E-state index in [0.29, 0.717) is 44.6 Å². The number of hydrogen-bond acceptors (Lipinski definition) is 5. The van der Waals surface area contributed by atoms with Gasteiger partial charge in [-0.05, 0) is 37.5 Å². The summed E-state index contributed by atoms with van der Waals surface area (Å²) in [5.74, 6) is -0.715. The Labute approximate surface area is 170 Å². The first-order chi connectivity index (χ1) is 13.3. The fraction of sp³-hybridized carbons (Fsp3) is 0.556. The van der Waals surface area contributed by atoms with Gasteiger partial charge in [-0.1, -0.05) is 18.5 Å². The number of carbonyl (C=O) groups excluding carboxylic acids is 2. The van der Waals surface area contributed by atoms with E-state index in [1.54, 1.807) is 13.0 Å². The molecule has 1 fully saturated rings. The van der Waals surface area contributed by atoms with Crippen molar-refractivity contribution >= 4 is 39.1 Å². The van der Waals surface area contributed by atoms with E-state index in [4.69, 9.17) is 16.3 Å². The van der Waals surface area contributed by atoms with Crippen LogP contribution >= 0.6 is 11.6 Å². The first kappa shape index (κ1) is 22.6. The molecule has 0 saturated carbocycles. The Kier molecular flexibility index (Phi) is 8.23. The first-order valence-electron chi connectivity index (χ1n) is 9.17. The molecule has 8 nitrogen and oxygen atoms in total. The predicted octanol–water partition coefficient (Wildman–Crippen LogP) is 1.86. The van der Waals surface area contributed by atoms with Gasteiger partial charge in [-0.3, -0.25) is 9.59 Å². The normalized spacial score (nSPS) is 17.5. The molecule has 2 N–H and O–H groups in total. The molecule has 1 aliphatic heterocycles. The molecule has 0 aliphatic carbocycles. The molecule has 0 aromatic heterocycles. The van der Waals surface area contributed by atoms with Crippen LogP contribution in [0.25, 0.3) is 0 Å². The zero-order valence-corrected chi connectivity index (χ0v) is 17.6. The maximum Gasteiger partial charge on any atom is 0.252 e. The van der Waals surface area contributed by atoms with Gasteiger partial charge < -0.3 is 15.4 Å². The van der Waals surface area contributed by atoms with Gasteiger partial charge in [0.2, 0.25) is 15.9 Å². The van der Waals surface area contributed by atoms with Crippen molar-refractivity contribution in [3.8, 4) is 0 Å². The smallest absolute Gasteiger partial charge is 0.252 e. The number of carbonyl (C=O) groups is 2. The minimum atomic E-state index is -3.45. The highest BCUT2D eigenvalue weighted by atomic mass is 35.5. The number of methoxy groups -OCH3 is 1. The Morgan fingerprint density at radius 2 is 2.11 bits per heavy atom. The van der Waals surface area contributed by atoms with Gasteiger partial charge in [0.25, 0.3) is 5.91 Å². The summed E-state index contributed by atoms with van der Waals surface area (Å²) >= 11 is 6.17. The molecule has 2 rings (SSSR count). The van der Waals surface area contributed by atoms with Crippen molar-refractivity contribution in [1.82, 2.24) is 9.62 Å². The fourth-order valence-corrected chi connectivity index (χ4v) is 5.09. The average molecular weight is 432 g/mol. The third kappa shape index (κ3) is 5.66. The van der Waals surface area contributed by atoms with Crippen LogP contribution in [0, 0.1) is 0 Å². The Hall–Kier alpha value is -1.68. The second-order valence-corrected chi connectivity index (χ2v) is 8.97. The number of benzene rings is 1. The Morgan fingerprint density at radius 1 is 1.36 bits per heavy atom. The summed E-state index contributed by atoms with van der Waals surface area (Å²) in [6.45, 7) is 2.88. The van der Waals surface area contributed by atoms with Crippen LogP contribution < -0.4 is 10.6 Å². The molecule has 28 heavy (non-hydrogen) atoms. The lowest BCUT2D eigenvalue weighted by atomic mass is 10.1. The van der Waals surface area contributed by atoms with E-state index >= 15 is 0 Å². The van der Waals surface area contributed by atoms with E-state index in [1.807, 2.05) is 0 Å². The van der Waals surface area contributed by atoms with E-state index in [0.717, 1.165) is 0 Å². The van der Waals surface area contributed by atoms with Crippen LogP contribution in [0.1, 0.15) is 36.5 Å². The van der Waals surface area contributed by atoms with Crippen LogP contribution in [0.4, 0.5) is 5.69 Å². The molecule has 1 aromatic rings. The highest BCUT2D eigenvalue weighted by Crippen LogP contribution is 2.25. The average Bonchev–Trinajstić information content (AvgIpc) is 3.13. The van der Waals surface area contributed by atoms with Crippen molar-refractivity contribution in [2.24, 2.45) is 0 Å². The van der Waals surface area contributed by atoms with Crippen LogP contribution in [-0.4, -0.2) is 63.1 Å². The maximum absolute atomic E-state index is 12.6. The van der Waals surface area contributed by atoms with Gasteiger partial charge in [-0.2, -0.15) is 4.31 Å². The summed E-state index contributed by atoms with van der Waals surface area (Å²) in [4.78, 5) is 24.7. The van der Waals surface area contributed by atoms with Crippen LogP contribution in [0.3, 0.4) is 0 Å². The largest absolute Gasteiger partial charge is 0.383 e. The monoisotopic (exact) mass is 431 g/mol. The van der Waals surface area contributed by atoms with E-state index in [2.05, 4.69) is 10.6 Å². The van der Waals surface area contributed by atoms with Crippen molar-refractivity contribution in [2.45, 2.75) is 32.2 Å². The second kappa shape index (κ2) is 10.2. The van der Waals surface area contributed by atoms with Crippen molar-refractivity contribution in [3.63, 3.8) is 0 Å². The minimum absolute atomic E-state index is 0.0233. The molecule has 1 heterocycles. The number of amides is 2. The van der Waals surface area contributed by atoms with Crippen molar-refractivity contribution in [1.29, 1.82) is 0 Å². The second-order valence-electron chi connectivity index (χ2n) is 6.52. The molecule has 0 radical (unpaired) electrons. The highest BCUT2D eigenvalue weighted by molar-refractivity contribution is 7.89. The van der Waals surface area contributed by atoms with E-state index in [1.165, 1.54) is 23.5 Å². The Bertz CT molecular complexity index is 815. The number of ether oxygens (including phenoxy) is 1. The van der Waals surface area contributed by atoms with Gasteiger partial charge in [0.05, 0.1) is 22.9 Å². The topological polar surface area (TPSA) is 105 Å². The SMILES string of the molecule is CCCS(=O)(=O)N1CCCC1C(=O)Nc1ccc(C(=O)NCCOC)c(Cl)c1. The summed E-state index contributed by atoms with van der Waals surface area (Å²) in [5, 5.41) is 5.57. The number of rotatable bonds is 9. The van der Waals surface area contributed by atoms with Crippen molar-refractivity contribution < 1.29 is 22.7 Å². The van der Waals surface area contributed by atoms with E-state index < -0.39 is 22.0 Å².